The first-order valence-corrected chi connectivity index (χ1v) is 8.72. The number of amides is 1. The Hall–Kier alpha value is -2.09. The van der Waals surface area contributed by atoms with Gasteiger partial charge in [0.25, 0.3) is 0 Å². The van der Waals surface area contributed by atoms with E-state index < -0.39 is 21.7 Å². The van der Waals surface area contributed by atoms with Crippen molar-refractivity contribution in [2.24, 2.45) is 11.0 Å². The fourth-order valence-electron chi connectivity index (χ4n) is 2.15. The summed E-state index contributed by atoms with van der Waals surface area (Å²) in [4.78, 5) is 11.8. The van der Waals surface area contributed by atoms with Gasteiger partial charge in [-0.2, -0.15) is 5.10 Å². The Bertz CT molecular complexity index is 684. The van der Waals surface area contributed by atoms with Crippen LogP contribution in [-0.2, 0) is 14.6 Å². The summed E-state index contributed by atoms with van der Waals surface area (Å²) in [6.45, 7) is 2.22. The van der Waals surface area contributed by atoms with Crippen molar-refractivity contribution < 1.29 is 23.1 Å². The highest BCUT2D eigenvalue weighted by Gasteiger charge is 2.32. The van der Waals surface area contributed by atoms with Crippen molar-refractivity contribution >= 4 is 22.0 Å². The van der Waals surface area contributed by atoms with E-state index in [1.165, 1.54) is 12.3 Å². The molecule has 22 heavy (non-hydrogen) atoms. The smallest absolute Gasteiger partial charge is 0.244 e. The highest BCUT2D eigenvalue weighted by atomic mass is 32.2. The van der Waals surface area contributed by atoms with E-state index in [1.807, 2.05) is 0 Å². The van der Waals surface area contributed by atoms with Gasteiger partial charge in [0, 0.05) is 0 Å². The fraction of sp³-hybridized carbons (Fsp3) is 0.429. The third-order valence-corrected chi connectivity index (χ3v) is 5.04. The van der Waals surface area contributed by atoms with E-state index in [0.29, 0.717) is 24.3 Å². The van der Waals surface area contributed by atoms with Crippen LogP contribution in [0.1, 0.15) is 18.9 Å². The number of hydrazone groups is 1. The zero-order valence-electron chi connectivity index (χ0n) is 12.2. The molecule has 120 valence electrons. The summed E-state index contributed by atoms with van der Waals surface area (Å²) < 4.78 is 27.9. The van der Waals surface area contributed by atoms with Crippen LogP contribution in [0.2, 0.25) is 0 Å². The van der Waals surface area contributed by atoms with Crippen LogP contribution in [-0.4, -0.2) is 43.8 Å². The minimum Gasteiger partial charge on any atom is -0.504 e. The van der Waals surface area contributed by atoms with Gasteiger partial charge in [0.2, 0.25) is 5.91 Å². The van der Waals surface area contributed by atoms with Gasteiger partial charge in [-0.3, -0.25) is 4.79 Å². The lowest BCUT2D eigenvalue weighted by atomic mass is 10.1. The summed E-state index contributed by atoms with van der Waals surface area (Å²) in [5.74, 6) is -0.659. The standard InChI is InChI=1S/C14H18N2O5S/c1-2-21-13-7-10(3-4-12(13)17)8-15-16-14(18)11-5-6-22(19,20)9-11/h3-4,7-8,11,17H,2,5-6,9H2,1H3,(H,16,18)/b15-8+/t11-/m0/s1. The number of nitrogens with zero attached hydrogens (tertiary/aromatic N) is 1. The fourth-order valence-corrected chi connectivity index (χ4v) is 3.89. The van der Waals surface area contributed by atoms with Gasteiger partial charge in [-0.05, 0) is 37.1 Å². The zero-order chi connectivity index (χ0) is 16.2. The molecule has 0 unspecified atom stereocenters. The maximum atomic E-state index is 11.8. The number of nitrogens with one attached hydrogen (secondary N) is 1. The lowest BCUT2D eigenvalue weighted by molar-refractivity contribution is -0.124. The van der Waals surface area contributed by atoms with Crippen LogP contribution in [0.15, 0.2) is 23.3 Å². The van der Waals surface area contributed by atoms with Crippen LogP contribution in [0.25, 0.3) is 0 Å². The zero-order valence-corrected chi connectivity index (χ0v) is 13.0. The molecule has 1 saturated heterocycles. The summed E-state index contributed by atoms with van der Waals surface area (Å²) in [6, 6.07) is 4.68. The van der Waals surface area contributed by atoms with E-state index >= 15 is 0 Å². The Kier molecular flexibility index (Phi) is 5.02. The maximum Gasteiger partial charge on any atom is 0.244 e. The van der Waals surface area contributed by atoms with Crippen molar-refractivity contribution in [2.75, 3.05) is 18.1 Å². The SMILES string of the molecule is CCOc1cc(/C=N/NC(=O)[C@H]2CCS(=O)(=O)C2)ccc1O. The number of hydrogen-bond acceptors (Lipinski definition) is 6. The summed E-state index contributed by atoms with van der Waals surface area (Å²) in [7, 11) is -3.09. The molecule has 1 aromatic carbocycles. The summed E-state index contributed by atoms with van der Waals surface area (Å²) in [5, 5.41) is 13.4. The van der Waals surface area contributed by atoms with E-state index in [9.17, 15) is 18.3 Å². The molecular formula is C14H18N2O5S. The second kappa shape index (κ2) is 6.78. The van der Waals surface area contributed by atoms with Gasteiger partial charge >= 0.3 is 0 Å². The van der Waals surface area contributed by atoms with Crippen LogP contribution in [0.4, 0.5) is 0 Å². The number of phenols is 1. The Morgan fingerprint density at radius 2 is 2.32 bits per heavy atom. The molecule has 1 atom stereocenters. The molecule has 1 heterocycles. The average Bonchev–Trinajstić information content (AvgIpc) is 2.83. The number of carbonyl (C=O) groups excluding carboxylic acids is 1. The van der Waals surface area contributed by atoms with Gasteiger partial charge in [-0.25, -0.2) is 13.8 Å². The van der Waals surface area contributed by atoms with E-state index in [2.05, 4.69) is 10.5 Å². The van der Waals surface area contributed by atoms with E-state index in [-0.39, 0.29) is 17.3 Å². The van der Waals surface area contributed by atoms with Crippen LogP contribution >= 0.6 is 0 Å². The molecule has 1 amide bonds. The van der Waals surface area contributed by atoms with Crippen molar-refractivity contribution in [3.63, 3.8) is 0 Å². The molecule has 2 rings (SSSR count). The number of rotatable bonds is 5. The predicted molar refractivity (Wildman–Crippen MR) is 81.8 cm³/mol. The molecule has 1 fully saturated rings. The minimum atomic E-state index is -3.09. The Morgan fingerprint density at radius 1 is 1.55 bits per heavy atom. The lowest BCUT2D eigenvalue weighted by Crippen LogP contribution is -2.27. The molecule has 0 aliphatic carbocycles. The quantitative estimate of drug-likeness (QED) is 0.611. The molecule has 1 aliphatic heterocycles. The van der Waals surface area contributed by atoms with Crippen LogP contribution in [0.5, 0.6) is 11.5 Å². The van der Waals surface area contributed by atoms with Gasteiger partial charge in [0.05, 0.1) is 30.2 Å². The Labute approximate surface area is 128 Å². The molecular weight excluding hydrogens is 308 g/mol. The van der Waals surface area contributed by atoms with Crippen molar-refractivity contribution in [3.05, 3.63) is 23.8 Å². The number of sulfone groups is 1. The third-order valence-electron chi connectivity index (χ3n) is 3.28. The van der Waals surface area contributed by atoms with E-state index in [0.717, 1.165) is 0 Å². The number of phenolic OH excluding ortho intramolecular Hbond substituents is 1. The average molecular weight is 326 g/mol. The summed E-state index contributed by atoms with van der Waals surface area (Å²) >= 11 is 0. The highest BCUT2D eigenvalue weighted by Crippen LogP contribution is 2.26. The normalized spacial score (nSPS) is 20.1. The number of ether oxygens (including phenoxy) is 1. The van der Waals surface area contributed by atoms with Crippen molar-refractivity contribution in [1.29, 1.82) is 0 Å². The molecule has 8 heteroatoms. The first-order valence-electron chi connectivity index (χ1n) is 6.90. The molecule has 0 aromatic heterocycles. The topological polar surface area (TPSA) is 105 Å². The van der Waals surface area contributed by atoms with Crippen molar-refractivity contribution in [2.45, 2.75) is 13.3 Å². The molecule has 0 bridgehead atoms. The molecule has 0 saturated carbocycles. The van der Waals surface area contributed by atoms with Crippen LogP contribution in [0, 0.1) is 5.92 Å². The third kappa shape index (κ3) is 4.20. The highest BCUT2D eigenvalue weighted by molar-refractivity contribution is 7.91. The number of benzene rings is 1. The molecule has 1 aliphatic rings. The lowest BCUT2D eigenvalue weighted by Gasteiger charge is -2.06. The molecule has 2 N–H and O–H groups in total. The summed E-state index contributed by atoms with van der Waals surface area (Å²) in [6.07, 6.45) is 1.74. The minimum absolute atomic E-state index is 0.0270. The van der Waals surface area contributed by atoms with Gasteiger partial charge < -0.3 is 9.84 Å². The predicted octanol–water partition coefficient (Wildman–Crippen LogP) is 0.676. The van der Waals surface area contributed by atoms with Gasteiger partial charge in [-0.1, -0.05) is 0 Å². The maximum absolute atomic E-state index is 11.8. The van der Waals surface area contributed by atoms with Crippen LogP contribution < -0.4 is 10.2 Å². The summed E-state index contributed by atoms with van der Waals surface area (Å²) in [5.41, 5.74) is 2.98. The largest absolute Gasteiger partial charge is 0.504 e. The first-order chi connectivity index (χ1) is 10.4. The van der Waals surface area contributed by atoms with Crippen molar-refractivity contribution in [3.8, 4) is 11.5 Å². The number of hydrogen-bond donors (Lipinski definition) is 2. The van der Waals surface area contributed by atoms with Gasteiger partial charge in [-0.15, -0.1) is 0 Å². The van der Waals surface area contributed by atoms with Crippen LogP contribution in [0.3, 0.4) is 0 Å². The van der Waals surface area contributed by atoms with E-state index in [1.54, 1.807) is 19.1 Å². The molecule has 0 spiro atoms. The van der Waals surface area contributed by atoms with Crippen molar-refractivity contribution in [1.82, 2.24) is 5.43 Å². The van der Waals surface area contributed by atoms with Gasteiger partial charge in [0.1, 0.15) is 0 Å². The molecule has 0 radical (unpaired) electrons. The second-order valence-electron chi connectivity index (χ2n) is 4.99. The van der Waals surface area contributed by atoms with Gasteiger partial charge in [0.15, 0.2) is 21.3 Å². The Balaban J connectivity index is 1.95. The number of carbonyl (C=O) groups is 1. The Morgan fingerprint density at radius 3 is 2.95 bits per heavy atom. The second-order valence-corrected chi connectivity index (χ2v) is 7.22. The monoisotopic (exact) mass is 326 g/mol. The molecule has 1 aromatic rings. The first kappa shape index (κ1) is 16.3. The van der Waals surface area contributed by atoms with E-state index in [4.69, 9.17) is 4.74 Å². The number of aromatic hydroxyl groups is 1. The molecule has 7 nitrogen and oxygen atoms in total.